The smallest absolute Gasteiger partial charge is 0.204 e. The van der Waals surface area contributed by atoms with Gasteiger partial charge in [-0.05, 0) is 31.2 Å². The molecule has 5 heteroatoms. The molecular formula is C15H13N3OS. The molecule has 0 radical (unpaired) electrons. The van der Waals surface area contributed by atoms with E-state index in [-0.39, 0.29) is 5.75 Å². The Balaban J connectivity index is 1.84. The summed E-state index contributed by atoms with van der Waals surface area (Å²) in [5.74, 6) is 0.222. The lowest BCUT2D eigenvalue weighted by molar-refractivity contribution is 0.474. The van der Waals surface area contributed by atoms with Crippen molar-refractivity contribution < 1.29 is 5.11 Å². The molecule has 0 aliphatic heterocycles. The molecular weight excluding hydrogens is 270 g/mol. The van der Waals surface area contributed by atoms with E-state index in [9.17, 15) is 5.11 Å². The molecule has 0 unspecified atom stereocenters. The number of rotatable bonds is 3. The number of aromatic nitrogens is 1. The van der Waals surface area contributed by atoms with Gasteiger partial charge in [0.25, 0.3) is 0 Å². The third kappa shape index (κ3) is 2.48. The van der Waals surface area contributed by atoms with Gasteiger partial charge in [-0.1, -0.05) is 35.6 Å². The van der Waals surface area contributed by atoms with Crippen LogP contribution >= 0.6 is 11.3 Å². The van der Waals surface area contributed by atoms with E-state index < -0.39 is 0 Å². The van der Waals surface area contributed by atoms with E-state index in [1.54, 1.807) is 23.5 Å². The number of fused-ring (bicyclic) bond motifs is 1. The number of nitrogens with zero attached hydrogens (tertiary/aromatic N) is 2. The van der Waals surface area contributed by atoms with Gasteiger partial charge >= 0.3 is 0 Å². The fraction of sp³-hybridized carbons (Fsp3) is 0.0667. The molecule has 4 nitrogen and oxygen atoms in total. The molecule has 0 saturated heterocycles. The molecule has 1 heterocycles. The lowest BCUT2D eigenvalue weighted by Gasteiger charge is -2.03. The first-order chi connectivity index (χ1) is 9.74. The largest absolute Gasteiger partial charge is 0.507 e. The first-order valence-corrected chi connectivity index (χ1v) is 7.00. The van der Waals surface area contributed by atoms with Crippen LogP contribution in [0, 0.1) is 0 Å². The van der Waals surface area contributed by atoms with E-state index in [1.807, 2.05) is 43.3 Å². The van der Waals surface area contributed by atoms with E-state index in [0.717, 1.165) is 15.3 Å². The highest BCUT2D eigenvalue weighted by atomic mass is 32.1. The Morgan fingerprint density at radius 1 is 1.15 bits per heavy atom. The molecule has 3 aromatic rings. The van der Waals surface area contributed by atoms with Gasteiger partial charge in [0.05, 0.1) is 15.9 Å². The lowest BCUT2D eigenvalue weighted by Crippen LogP contribution is -1.99. The molecule has 0 amide bonds. The van der Waals surface area contributed by atoms with Crippen molar-refractivity contribution in [3.63, 3.8) is 0 Å². The van der Waals surface area contributed by atoms with Crippen LogP contribution in [-0.2, 0) is 0 Å². The molecule has 20 heavy (non-hydrogen) atoms. The number of phenolic OH excluding ortho intramolecular Hbond substituents is 1. The molecule has 2 N–H and O–H groups in total. The lowest BCUT2D eigenvalue weighted by atomic mass is 10.1. The number of hydrazone groups is 1. The monoisotopic (exact) mass is 283 g/mol. The first-order valence-electron chi connectivity index (χ1n) is 6.18. The third-order valence-corrected chi connectivity index (χ3v) is 3.85. The molecule has 100 valence electrons. The molecule has 0 aliphatic carbocycles. The van der Waals surface area contributed by atoms with Crippen molar-refractivity contribution in [2.75, 3.05) is 5.43 Å². The highest BCUT2D eigenvalue weighted by molar-refractivity contribution is 7.22. The van der Waals surface area contributed by atoms with Crippen molar-refractivity contribution in [2.45, 2.75) is 6.92 Å². The van der Waals surface area contributed by atoms with Crippen molar-refractivity contribution >= 4 is 32.4 Å². The van der Waals surface area contributed by atoms with Crippen molar-refractivity contribution in [1.82, 2.24) is 4.98 Å². The molecule has 2 aromatic carbocycles. The fourth-order valence-electron chi connectivity index (χ4n) is 1.89. The van der Waals surface area contributed by atoms with E-state index in [0.29, 0.717) is 11.3 Å². The predicted octanol–water partition coefficient (Wildman–Crippen LogP) is 3.84. The van der Waals surface area contributed by atoms with Gasteiger partial charge in [-0.3, -0.25) is 5.43 Å². The van der Waals surface area contributed by atoms with Crippen LogP contribution in [0.1, 0.15) is 12.5 Å². The van der Waals surface area contributed by atoms with Crippen molar-refractivity contribution in [1.29, 1.82) is 0 Å². The Morgan fingerprint density at radius 3 is 2.70 bits per heavy atom. The number of thiazole rings is 1. The second-order valence-corrected chi connectivity index (χ2v) is 5.34. The van der Waals surface area contributed by atoms with Crippen molar-refractivity contribution in [3.05, 3.63) is 54.1 Å². The van der Waals surface area contributed by atoms with Crippen LogP contribution in [0.15, 0.2) is 53.6 Å². The number of anilines is 1. The zero-order valence-electron chi connectivity index (χ0n) is 10.9. The summed E-state index contributed by atoms with van der Waals surface area (Å²) in [6.07, 6.45) is 0. The van der Waals surface area contributed by atoms with Gasteiger partial charge in [-0.25, -0.2) is 4.98 Å². The average molecular weight is 283 g/mol. The summed E-state index contributed by atoms with van der Waals surface area (Å²) < 4.78 is 1.12. The summed E-state index contributed by atoms with van der Waals surface area (Å²) in [5.41, 5.74) is 5.32. The predicted molar refractivity (Wildman–Crippen MR) is 83.6 cm³/mol. The summed E-state index contributed by atoms with van der Waals surface area (Å²) in [7, 11) is 0. The van der Waals surface area contributed by atoms with Gasteiger partial charge in [0.15, 0.2) is 0 Å². The summed E-state index contributed by atoms with van der Waals surface area (Å²) >= 11 is 1.55. The van der Waals surface area contributed by atoms with Gasteiger partial charge in [0.2, 0.25) is 5.13 Å². The zero-order chi connectivity index (χ0) is 13.9. The van der Waals surface area contributed by atoms with Crippen LogP contribution in [0.3, 0.4) is 0 Å². The first kappa shape index (κ1) is 12.6. The molecule has 0 fully saturated rings. The number of benzene rings is 2. The summed E-state index contributed by atoms with van der Waals surface area (Å²) in [4.78, 5) is 4.44. The minimum atomic E-state index is 0.222. The van der Waals surface area contributed by atoms with Crippen molar-refractivity contribution in [2.24, 2.45) is 5.10 Å². The molecule has 0 aliphatic rings. The maximum absolute atomic E-state index is 9.77. The summed E-state index contributed by atoms with van der Waals surface area (Å²) in [6, 6.07) is 15.1. The number of nitrogens with one attached hydrogen (secondary N) is 1. The van der Waals surface area contributed by atoms with Gasteiger partial charge in [-0.15, -0.1) is 0 Å². The highest BCUT2D eigenvalue weighted by Gasteiger charge is 2.05. The second kappa shape index (κ2) is 5.30. The molecule has 3 rings (SSSR count). The number of hydrogen-bond donors (Lipinski definition) is 2. The normalized spacial score (nSPS) is 11.8. The molecule has 0 spiro atoms. The van der Waals surface area contributed by atoms with Crippen LogP contribution in [0.4, 0.5) is 5.13 Å². The van der Waals surface area contributed by atoms with Gasteiger partial charge in [0, 0.05) is 5.56 Å². The van der Waals surface area contributed by atoms with Gasteiger partial charge < -0.3 is 5.11 Å². The van der Waals surface area contributed by atoms with Crippen LogP contribution in [0.25, 0.3) is 10.2 Å². The standard InChI is InChI=1S/C15H13N3OS/c1-10(11-6-2-4-8-13(11)19)17-18-15-16-12-7-3-5-9-14(12)20-15/h2-9,19H,1H3,(H,16,18)/b17-10+. The zero-order valence-corrected chi connectivity index (χ0v) is 11.7. The SMILES string of the molecule is C/C(=N\Nc1nc2ccccc2s1)c1ccccc1O. The Bertz CT molecular complexity index is 746. The molecule has 0 atom stereocenters. The Hall–Kier alpha value is -2.40. The summed E-state index contributed by atoms with van der Waals surface area (Å²) in [5, 5.41) is 14.8. The Kier molecular flexibility index (Phi) is 3.35. The second-order valence-electron chi connectivity index (χ2n) is 4.31. The van der Waals surface area contributed by atoms with Crippen LogP contribution < -0.4 is 5.43 Å². The Labute approximate surface area is 120 Å². The number of para-hydroxylation sites is 2. The summed E-state index contributed by atoms with van der Waals surface area (Å²) in [6.45, 7) is 1.84. The van der Waals surface area contributed by atoms with E-state index >= 15 is 0 Å². The third-order valence-electron chi connectivity index (χ3n) is 2.91. The number of hydrogen-bond acceptors (Lipinski definition) is 5. The minimum Gasteiger partial charge on any atom is -0.507 e. The van der Waals surface area contributed by atoms with Gasteiger partial charge in [0.1, 0.15) is 5.75 Å². The van der Waals surface area contributed by atoms with Crippen molar-refractivity contribution in [3.8, 4) is 5.75 Å². The number of aromatic hydroxyl groups is 1. The van der Waals surface area contributed by atoms with Crippen LogP contribution in [-0.4, -0.2) is 15.8 Å². The highest BCUT2D eigenvalue weighted by Crippen LogP contribution is 2.25. The molecule has 1 aromatic heterocycles. The van der Waals surface area contributed by atoms with Crippen LogP contribution in [0.2, 0.25) is 0 Å². The quantitative estimate of drug-likeness (QED) is 0.567. The fourth-order valence-corrected chi connectivity index (χ4v) is 2.70. The molecule has 0 bridgehead atoms. The van der Waals surface area contributed by atoms with Gasteiger partial charge in [-0.2, -0.15) is 5.10 Å². The van der Waals surface area contributed by atoms with E-state index in [1.165, 1.54) is 0 Å². The topological polar surface area (TPSA) is 57.5 Å². The van der Waals surface area contributed by atoms with E-state index in [2.05, 4.69) is 15.5 Å². The average Bonchev–Trinajstić information content (AvgIpc) is 2.88. The maximum atomic E-state index is 9.77. The molecule has 0 saturated carbocycles. The van der Waals surface area contributed by atoms with Crippen LogP contribution in [0.5, 0.6) is 5.75 Å². The number of phenols is 1. The maximum Gasteiger partial charge on any atom is 0.204 e. The van der Waals surface area contributed by atoms with E-state index in [4.69, 9.17) is 0 Å². The Morgan fingerprint density at radius 2 is 1.90 bits per heavy atom. The minimum absolute atomic E-state index is 0.222.